The van der Waals surface area contributed by atoms with Crippen LogP contribution < -0.4 is 0 Å². The Kier molecular flexibility index (Phi) is 3.94. The van der Waals surface area contributed by atoms with Crippen LogP contribution in [0.4, 0.5) is 0 Å². The lowest BCUT2D eigenvalue weighted by Crippen LogP contribution is -2.09. The molecule has 2 aromatic carbocycles. The molecule has 3 nitrogen and oxygen atoms in total. The van der Waals surface area contributed by atoms with E-state index < -0.39 is 5.97 Å². The maximum Gasteiger partial charge on any atom is 0.385 e. The van der Waals surface area contributed by atoms with Crippen molar-refractivity contribution in [3.8, 4) is 11.8 Å². The van der Waals surface area contributed by atoms with Crippen LogP contribution in [0.25, 0.3) is 10.8 Å². The summed E-state index contributed by atoms with van der Waals surface area (Å²) in [6.07, 6.45) is 0. The summed E-state index contributed by atoms with van der Waals surface area (Å²) in [5.41, 5.74) is 0.762. The molecule has 0 heterocycles. The molecule has 2 rings (SSSR count). The maximum absolute atomic E-state index is 11.3. The molecule has 0 N–H and O–H groups in total. The van der Waals surface area contributed by atoms with Gasteiger partial charge in [0.15, 0.2) is 12.4 Å². The molecule has 0 bridgehead atoms. The third kappa shape index (κ3) is 3.43. The highest BCUT2D eigenvalue weighted by Gasteiger charge is 2.00. The average Bonchev–Trinajstić information content (AvgIpc) is 2.42. The Morgan fingerprint density at radius 3 is 2.63 bits per heavy atom. The highest BCUT2D eigenvalue weighted by molar-refractivity contribution is 5.93. The highest BCUT2D eigenvalue weighted by atomic mass is 16.5. The van der Waals surface area contributed by atoms with Gasteiger partial charge in [-0.25, -0.2) is 4.79 Å². The van der Waals surface area contributed by atoms with Gasteiger partial charge >= 0.3 is 5.97 Å². The largest absolute Gasteiger partial charge is 0.448 e. The molecule has 0 aliphatic heterocycles. The van der Waals surface area contributed by atoms with Crippen LogP contribution in [-0.4, -0.2) is 18.4 Å². The van der Waals surface area contributed by atoms with Gasteiger partial charge in [-0.2, -0.15) is 0 Å². The molecule has 0 unspecified atom stereocenters. The van der Waals surface area contributed by atoms with Gasteiger partial charge in [-0.15, -0.1) is 0 Å². The van der Waals surface area contributed by atoms with E-state index in [4.69, 9.17) is 0 Å². The van der Waals surface area contributed by atoms with Crippen molar-refractivity contribution >= 4 is 22.5 Å². The quantitative estimate of drug-likeness (QED) is 0.608. The first kappa shape index (κ1) is 12.8. The Morgan fingerprint density at radius 1 is 1.11 bits per heavy atom. The summed E-state index contributed by atoms with van der Waals surface area (Å²) < 4.78 is 4.68. The van der Waals surface area contributed by atoms with E-state index in [0.717, 1.165) is 16.3 Å². The van der Waals surface area contributed by atoms with Crippen molar-refractivity contribution in [2.75, 3.05) is 6.61 Å². The van der Waals surface area contributed by atoms with Gasteiger partial charge in [0.05, 0.1) is 0 Å². The first-order valence-electron chi connectivity index (χ1n) is 5.83. The number of carbonyl (C=O) groups excluding carboxylic acids is 2. The second-order valence-electron chi connectivity index (χ2n) is 4.05. The van der Waals surface area contributed by atoms with Crippen molar-refractivity contribution in [1.82, 2.24) is 0 Å². The Labute approximate surface area is 111 Å². The number of esters is 1. The van der Waals surface area contributed by atoms with E-state index in [1.165, 1.54) is 6.92 Å². The molecule has 0 aliphatic carbocycles. The van der Waals surface area contributed by atoms with E-state index in [1.54, 1.807) is 0 Å². The van der Waals surface area contributed by atoms with Crippen LogP contribution in [0, 0.1) is 11.8 Å². The molecule has 19 heavy (non-hydrogen) atoms. The number of hydrogen-bond acceptors (Lipinski definition) is 3. The third-order valence-electron chi connectivity index (χ3n) is 2.50. The van der Waals surface area contributed by atoms with Gasteiger partial charge in [0.25, 0.3) is 0 Å². The standard InChI is InChI=1S/C16H12O3/c1-12(17)11-19-16(18)10-9-14-7-4-6-13-5-2-3-8-15(13)14/h2-8H,11H2,1H3. The smallest absolute Gasteiger partial charge is 0.385 e. The zero-order valence-electron chi connectivity index (χ0n) is 10.5. The fourth-order valence-corrected chi connectivity index (χ4v) is 1.66. The number of ketones is 1. The molecule has 3 heteroatoms. The summed E-state index contributed by atoms with van der Waals surface area (Å²) >= 11 is 0. The van der Waals surface area contributed by atoms with E-state index in [-0.39, 0.29) is 12.4 Å². The molecule has 0 spiro atoms. The van der Waals surface area contributed by atoms with Gasteiger partial charge < -0.3 is 4.74 Å². The highest BCUT2D eigenvalue weighted by Crippen LogP contribution is 2.17. The van der Waals surface area contributed by atoms with Gasteiger partial charge in [0.1, 0.15) is 0 Å². The monoisotopic (exact) mass is 252 g/mol. The van der Waals surface area contributed by atoms with Crippen molar-refractivity contribution in [1.29, 1.82) is 0 Å². The molecule has 0 radical (unpaired) electrons. The zero-order valence-corrected chi connectivity index (χ0v) is 10.5. The van der Waals surface area contributed by atoms with E-state index in [2.05, 4.69) is 16.6 Å². The molecule has 2 aromatic rings. The van der Waals surface area contributed by atoms with Crippen LogP contribution in [0.15, 0.2) is 42.5 Å². The van der Waals surface area contributed by atoms with Gasteiger partial charge in [0.2, 0.25) is 0 Å². The van der Waals surface area contributed by atoms with Crippen molar-refractivity contribution in [3.05, 3.63) is 48.0 Å². The summed E-state index contributed by atoms with van der Waals surface area (Å²) in [5.74, 6) is 4.26. The summed E-state index contributed by atoms with van der Waals surface area (Å²) in [5, 5.41) is 2.04. The summed E-state index contributed by atoms with van der Waals surface area (Å²) in [4.78, 5) is 22.0. The van der Waals surface area contributed by atoms with Crippen LogP contribution in [0.5, 0.6) is 0 Å². The van der Waals surface area contributed by atoms with Crippen molar-refractivity contribution in [2.45, 2.75) is 6.92 Å². The Morgan fingerprint density at radius 2 is 1.84 bits per heavy atom. The van der Waals surface area contributed by atoms with Gasteiger partial charge in [-0.3, -0.25) is 4.79 Å². The lowest BCUT2D eigenvalue weighted by molar-refractivity contribution is -0.141. The first-order chi connectivity index (χ1) is 9.16. The zero-order chi connectivity index (χ0) is 13.7. The molecule has 0 saturated carbocycles. The molecule has 0 atom stereocenters. The number of benzene rings is 2. The Bertz CT molecular complexity index is 684. The van der Waals surface area contributed by atoms with Crippen LogP contribution >= 0.6 is 0 Å². The molecule has 0 saturated heterocycles. The number of hydrogen-bond donors (Lipinski definition) is 0. The number of rotatable bonds is 2. The Hall–Kier alpha value is -2.60. The minimum absolute atomic E-state index is 0.208. The Balaban J connectivity index is 2.22. The predicted octanol–water partition coefficient (Wildman–Crippen LogP) is 2.32. The molecular weight excluding hydrogens is 240 g/mol. The fraction of sp³-hybridized carbons (Fsp3) is 0.125. The van der Waals surface area contributed by atoms with Crippen molar-refractivity contribution < 1.29 is 14.3 Å². The number of carbonyl (C=O) groups is 2. The lowest BCUT2D eigenvalue weighted by atomic mass is 10.1. The second kappa shape index (κ2) is 5.83. The SMILES string of the molecule is CC(=O)COC(=O)C#Cc1cccc2ccccc12. The summed E-state index contributed by atoms with van der Waals surface area (Å²) in [6.45, 7) is 1.12. The van der Waals surface area contributed by atoms with Crippen LogP contribution in [0.3, 0.4) is 0 Å². The minimum Gasteiger partial charge on any atom is -0.448 e. The van der Waals surface area contributed by atoms with Crippen LogP contribution in [0.1, 0.15) is 12.5 Å². The van der Waals surface area contributed by atoms with Gasteiger partial charge in [-0.1, -0.05) is 42.3 Å². The average molecular weight is 252 g/mol. The van der Waals surface area contributed by atoms with E-state index >= 15 is 0 Å². The third-order valence-corrected chi connectivity index (χ3v) is 2.50. The first-order valence-corrected chi connectivity index (χ1v) is 5.83. The summed E-state index contributed by atoms with van der Waals surface area (Å²) in [7, 11) is 0. The number of fused-ring (bicyclic) bond motifs is 1. The molecule has 0 fully saturated rings. The second-order valence-corrected chi connectivity index (χ2v) is 4.05. The normalized spacial score (nSPS) is 9.53. The lowest BCUT2D eigenvalue weighted by Gasteiger charge is -1.99. The van der Waals surface area contributed by atoms with Crippen LogP contribution in [-0.2, 0) is 14.3 Å². The number of ether oxygens (including phenoxy) is 1. The van der Waals surface area contributed by atoms with Gasteiger partial charge in [0, 0.05) is 11.5 Å². The predicted molar refractivity (Wildman–Crippen MR) is 72.5 cm³/mol. The van der Waals surface area contributed by atoms with Crippen molar-refractivity contribution in [2.24, 2.45) is 0 Å². The molecule has 0 aliphatic rings. The fourth-order valence-electron chi connectivity index (χ4n) is 1.66. The molecular formula is C16H12O3. The molecule has 0 aromatic heterocycles. The molecule has 0 amide bonds. The molecule has 94 valence electrons. The number of Topliss-reactive ketones (excluding diaryl/α,β-unsaturated/α-hetero) is 1. The maximum atomic E-state index is 11.3. The van der Waals surface area contributed by atoms with E-state index in [0.29, 0.717) is 0 Å². The van der Waals surface area contributed by atoms with Crippen LogP contribution in [0.2, 0.25) is 0 Å². The van der Waals surface area contributed by atoms with Crippen molar-refractivity contribution in [3.63, 3.8) is 0 Å². The van der Waals surface area contributed by atoms with E-state index in [9.17, 15) is 9.59 Å². The minimum atomic E-state index is -0.692. The van der Waals surface area contributed by atoms with Gasteiger partial charge in [-0.05, 0) is 23.8 Å². The topological polar surface area (TPSA) is 43.4 Å². The summed E-state index contributed by atoms with van der Waals surface area (Å²) in [6, 6.07) is 13.5. The van der Waals surface area contributed by atoms with E-state index in [1.807, 2.05) is 42.5 Å².